The van der Waals surface area contributed by atoms with Crippen molar-refractivity contribution in [3.63, 3.8) is 0 Å². The fraction of sp³-hybridized carbons (Fsp3) is 0.300. The van der Waals surface area contributed by atoms with Gasteiger partial charge in [-0.3, -0.25) is 0 Å². The molecule has 0 aromatic heterocycles. The summed E-state index contributed by atoms with van der Waals surface area (Å²) in [5, 5.41) is 29.2. The highest BCUT2D eigenvalue weighted by molar-refractivity contribution is 5.49. The van der Waals surface area contributed by atoms with Crippen molar-refractivity contribution < 1.29 is 10.2 Å². The second-order valence-electron chi connectivity index (χ2n) is 2.91. The molecular formula is C10H12N2O2. The van der Waals surface area contributed by atoms with E-state index in [9.17, 15) is 0 Å². The van der Waals surface area contributed by atoms with Crippen molar-refractivity contribution in [1.82, 2.24) is 0 Å². The Bertz CT molecular complexity index is 333. The Kier molecular flexibility index (Phi) is 3.92. The Balaban J connectivity index is 2.55. The lowest BCUT2D eigenvalue weighted by Crippen LogP contribution is -2.22. The minimum absolute atomic E-state index is 0.269. The van der Waals surface area contributed by atoms with E-state index in [1.54, 1.807) is 24.3 Å². The van der Waals surface area contributed by atoms with Crippen molar-refractivity contribution in [2.75, 3.05) is 18.5 Å². The van der Waals surface area contributed by atoms with E-state index in [1.165, 1.54) is 0 Å². The van der Waals surface area contributed by atoms with Gasteiger partial charge in [-0.25, -0.2) is 0 Å². The van der Waals surface area contributed by atoms with E-state index in [-0.39, 0.29) is 13.2 Å². The molecule has 0 saturated heterocycles. The minimum Gasteiger partial charge on any atom is -0.394 e. The Morgan fingerprint density at radius 2 is 2.29 bits per heavy atom. The normalized spacial score (nSPS) is 11.8. The number of nitrogens with one attached hydrogen (secondary N) is 1. The fourth-order valence-electron chi connectivity index (χ4n) is 0.999. The summed E-state index contributed by atoms with van der Waals surface area (Å²) in [6, 6.07) is 8.96. The first-order chi connectivity index (χ1) is 6.76. The lowest BCUT2D eigenvalue weighted by atomic mass is 10.2. The number of hydrogen-bond donors (Lipinski definition) is 3. The molecular weight excluding hydrogens is 180 g/mol. The monoisotopic (exact) mass is 192 g/mol. The van der Waals surface area contributed by atoms with Crippen molar-refractivity contribution in [2.24, 2.45) is 0 Å². The molecule has 4 nitrogen and oxygen atoms in total. The zero-order valence-electron chi connectivity index (χ0n) is 7.64. The molecule has 1 rings (SSSR count). The Morgan fingerprint density at radius 3 is 2.93 bits per heavy atom. The van der Waals surface area contributed by atoms with Gasteiger partial charge < -0.3 is 15.5 Å². The molecule has 0 heterocycles. The third-order valence-corrected chi connectivity index (χ3v) is 1.74. The number of nitriles is 1. The lowest BCUT2D eigenvalue weighted by Gasteiger charge is -2.09. The van der Waals surface area contributed by atoms with Crippen molar-refractivity contribution in [1.29, 1.82) is 5.26 Å². The number of benzene rings is 1. The van der Waals surface area contributed by atoms with E-state index < -0.39 is 6.10 Å². The molecule has 0 spiro atoms. The van der Waals surface area contributed by atoms with Crippen molar-refractivity contribution >= 4 is 5.69 Å². The first-order valence-electron chi connectivity index (χ1n) is 4.29. The molecule has 3 N–H and O–H groups in total. The number of hydrogen-bond acceptors (Lipinski definition) is 4. The Morgan fingerprint density at radius 1 is 1.50 bits per heavy atom. The smallest absolute Gasteiger partial charge is 0.0992 e. The van der Waals surface area contributed by atoms with Crippen LogP contribution in [0.25, 0.3) is 0 Å². The van der Waals surface area contributed by atoms with Crippen LogP contribution in [-0.2, 0) is 0 Å². The molecule has 0 unspecified atom stereocenters. The summed E-state index contributed by atoms with van der Waals surface area (Å²) in [6.07, 6.45) is -0.777. The van der Waals surface area contributed by atoms with Crippen LogP contribution >= 0.6 is 0 Å². The maximum Gasteiger partial charge on any atom is 0.0992 e. The summed E-state index contributed by atoms with van der Waals surface area (Å²) in [5.74, 6) is 0. The van der Waals surface area contributed by atoms with E-state index in [1.807, 2.05) is 6.07 Å². The van der Waals surface area contributed by atoms with Gasteiger partial charge in [-0.05, 0) is 18.2 Å². The van der Waals surface area contributed by atoms with Crippen LogP contribution < -0.4 is 5.32 Å². The second-order valence-corrected chi connectivity index (χ2v) is 2.91. The minimum atomic E-state index is -0.777. The topological polar surface area (TPSA) is 76.3 Å². The summed E-state index contributed by atoms with van der Waals surface area (Å²) in [6.45, 7) is -0.00365. The van der Waals surface area contributed by atoms with Crippen LogP contribution in [0.1, 0.15) is 5.56 Å². The van der Waals surface area contributed by atoms with Crippen molar-refractivity contribution in [3.8, 4) is 6.07 Å². The third-order valence-electron chi connectivity index (χ3n) is 1.74. The second kappa shape index (κ2) is 5.22. The van der Waals surface area contributed by atoms with Gasteiger partial charge in [-0.2, -0.15) is 5.26 Å². The summed E-state index contributed by atoms with van der Waals surface area (Å²) < 4.78 is 0. The van der Waals surface area contributed by atoms with E-state index in [2.05, 4.69) is 5.32 Å². The van der Waals surface area contributed by atoms with E-state index in [0.29, 0.717) is 5.56 Å². The molecule has 0 amide bonds. The zero-order valence-corrected chi connectivity index (χ0v) is 7.64. The van der Waals surface area contributed by atoms with Crippen molar-refractivity contribution in [2.45, 2.75) is 6.10 Å². The van der Waals surface area contributed by atoms with Crippen LogP contribution in [0.3, 0.4) is 0 Å². The molecule has 1 atom stereocenters. The van der Waals surface area contributed by atoms with E-state index in [0.717, 1.165) is 5.69 Å². The first kappa shape index (κ1) is 10.5. The average molecular weight is 192 g/mol. The molecule has 0 aliphatic carbocycles. The summed E-state index contributed by atoms with van der Waals surface area (Å²) in [7, 11) is 0. The van der Waals surface area contributed by atoms with Gasteiger partial charge in [-0.15, -0.1) is 0 Å². The highest BCUT2D eigenvalue weighted by Gasteiger charge is 2.01. The molecule has 14 heavy (non-hydrogen) atoms. The number of rotatable bonds is 4. The molecule has 74 valence electrons. The predicted molar refractivity (Wildman–Crippen MR) is 52.7 cm³/mol. The molecule has 0 saturated carbocycles. The molecule has 1 aromatic rings. The maximum absolute atomic E-state index is 9.07. The SMILES string of the molecule is N#Cc1cccc(NC[C@@H](O)CO)c1. The van der Waals surface area contributed by atoms with Crippen LogP contribution in [0.2, 0.25) is 0 Å². The van der Waals surface area contributed by atoms with Gasteiger partial charge in [0.1, 0.15) is 0 Å². The molecule has 0 radical (unpaired) electrons. The zero-order chi connectivity index (χ0) is 10.4. The lowest BCUT2D eigenvalue weighted by molar-refractivity contribution is 0.105. The molecule has 0 aliphatic rings. The van der Waals surface area contributed by atoms with Gasteiger partial charge in [-0.1, -0.05) is 6.07 Å². The van der Waals surface area contributed by atoms with Crippen LogP contribution in [-0.4, -0.2) is 29.5 Å². The fourth-order valence-corrected chi connectivity index (χ4v) is 0.999. The number of aliphatic hydroxyl groups excluding tert-OH is 2. The first-order valence-corrected chi connectivity index (χ1v) is 4.29. The number of aliphatic hydroxyl groups is 2. The molecule has 4 heteroatoms. The van der Waals surface area contributed by atoms with Crippen LogP contribution in [0.15, 0.2) is 24.3 Å². The predicted octanol–water partition coefficient (Wildman–Crippen LogP) is 0.323. The van der Waals surface area contributed by atoms with Gasteiger partial charge >= 0.3 is 0 Å². The number of nitrogens with zero attached hydrogens (tertiary/aromatic N) is 1. The molecule has 0 aliphatic heterocycles. The molecule has 1 aromatic carbocycles. The summed E-state index contributed by atoms with van der Waals surface area (Å²) >= 11 is 0. The van der Waals surface area contributed by atoms with Crippen LogP contribution in [0.4, 0.5) is 5.69 Å². The Labute approximate surface area is 82.4 Å². The highest BCUT2D eigenvalue weighted by atomic mass is 16.3. The molecule has 0 bridgehead atoms. The van der Waals surface area contributed by atoms with E-state index in [4.69, 9.17) is 15.5 Å². The quantitative estimate of drug-likeness (QED) is 0.642. The van der Waals surface area contributed by atoms with Gasteiger partial charge in [0, 0.05) is 12.2 Å². The third kappa shape index (κ3) is 3.05. The summed E-state index contributed by atoms with van der Waals surface area (Å²) in [4.78, 5) is 0. The van der Waals surface area contributed by atoms with Gasteiger partial charge in [0.25, 0.3) is 0 Å². The standard InChI is InChI=1S/C10H12N2O2/c11-5-8-2-1-3-9(4-8)12-6-10(14)7-13/h1-4,10,12-14H,6-7H2/t10-/m1/s1. The Hall–Kier alpha value is -1.57. The largest absolute Gasteiger partial charge is 0.394 e. The molecule has 0 fully saturated rings. The highest BCUT2D eigenvalue weighted by Crippen LogP contribution is 2.09. The van der Waals surface area contributed by atoms with Crippen LogP contribution in [0.5, 0.6) is 0 Å². The van der Waals surface area contributed by atoms with Crippen molar-refractivity contribution in [3.05, 3.63) is 29.8 Å². The van der Waals surface area contributed by atoms with Crippen LogP contribution in [0, 0.1) is 11.3 Å². The maximum atomic E-state index is 9.07. The van der Waals surface area contributed by atoms with Gasteiger partial charge in [0.2, 0.25) is 0 Å². The van der Waals surface area contributed by atoms with Gasteiger partial charge in [0.05, 0.1) is 24.3 Å². The average Bonchev–Trinajstić information content (AvgIpc) is 2.26. The van der Waals surface area contributed by atoms with E-state index >= 15 is 0 Å². The number of anilines is 1. The van der Waals surface area contributed by atoms with Gasteiger partial charge in [0.15, 0.2) is 0 Å². The summed E-state index contributed by atoms with van der Waals surface area (Å²) in [5.41, 5.74) is 1.32.